The molecule has 1 saturated carbocycles. The number of amides is 2. The lowest BCUT2D eigenvalue weighted by Gasteiger charge is -2.55. The van der Waals surface area contributed by atoms with Crippen LogP contribution in [-0.4, -0.2) is 73.6 Å². The molecule has 2 atom stereocenters. The van der Waals surface area contributed by atoms with Crippen LogP contribution in [0.1, 0.15) is 38.8 Å². The third-order valence-electron chi connectivity index (χ3n) is 7.58. The Balaban J connectivity index is 1.53. The van der Waals surface area contributed by atoms with Crippen LogP contribution in [0, 0.1) is 0 Å². The van der Waals surface area contributed by atoms with Crippen LogP contribution in [0.2, 0.25) is 0 Å². The molecule has 2 aliphatic rings. The van der Waals surface area contributed by atoms with E-state index in [0.29, 0.717) is 60.5 Å². The van der Waals surface area contributed by atoms with Gasteiger partial charge in [-0.3, -0.25) is 14.1 Å². The smallest absolute Gasteiger partial charge is 0.319 e. The molecule has 0 unspecified atom stereocenters. The van der Waals surface area contributed by atoms with E-state index in [4.69, 9.17) is 19.8 Å². The van der Waals surface area contributed by atoms with Crippen molar-refractivity contribution in [3.8, 4) is 11.4 Å². The first-order chi connectivity index (χ1) is 19.2. The first-order valence-corrected chi connectivity index (χ1v) is 15.0. The summed E-state index contributed by atoms with van der Waals surface area (Å²) < 4.78 is 28.1. The molecule has 12 heteroatoms. The van der Waals surface area contributed by atoms with Gasteiger partial charge in [0.1, 0.15) is 10.6 Å². The largest absolute Gasteiger partial charge is 0.394 e. The van der Waals surface area contributed by atoms with Gasteiger partial charge < -0.3 is 25.4 Å². The molecule has 3 heterocycles. The van der Waals surface area contributed by atoms with Crippen molar-refractivity contribution in [1.82, 2.24) is 20.3 Å². The molecule has 0 bridgehead atoms. The van der Waals surface area contributed by atoms with E-state index in [1.54, 1.807) is 43.6 Å². The highest BCUT2D eigenvalue weighted by molar-refractivity contribution is 8.25. The Labute approximate surface area is 235 Å². The predicted octanol–water partition coefficient (Wildman–Crippen LogP) is 4.45. The highest BCUT2D eigenvalue weighted by atomic mass is 32.3. The molecule has 11 nitrogen and oxygen atoms in total. The number of morpholine rings is 1. The number of benzene rings is 1. The maximum absolute atomic E-state index is 12.2. The number of pyridine rings is 1. The summed E-state index contributed by atoms with van der Waals surface area (Å²) in [7, 11) is -3.26. The molecule has 5 rings (SSSR count). The quantitative estimate of drug-likeness (QED) is 0.265. The zero-order valence-electron chi connectivity index (χ0n) is 22.7. The van der Waals surface area contributed by atoms with Gasteiger partial charge >= 0.3 is 6.03 Å². The average molecular weight is 569 g/mol. The summed E-state index contributed by atoms with van der Waals surface area (Å²) in [6.45, 7) is 5.44. The number of ether oxygens (including phenoxy) is 1. The molecule has 214 valence electrons. The van der Waals surface area contributed by atoms with Crippen LogP contribution in [-0.2, 0) is 9.48 Å². The minimum atomic E-state index is -3.26. The molecular formula is C28H36N6O5S. The van der Waals surface area contributed by atoms with Gasteiger partial charge in [-0.15, -0.1) is 0 Å². The Bertz CT molecular complexity index is 1320. The molecule has 40 heavy (non-hydrogen) atoms. The standard InChI is InChI=1S/C28H36N6O5S/c1-19(17-35)30-27(36)31-22-6-4-21(5-7-22)26-32-24(16-25(33-26)34-14-15-39-18-20(34)2)28(10-3-11-28)40(37,38)23-8-12-29-13-9-23/h4-9,12-13,16,19-20,35,37-38H,3,10-11,14-15,17-18H2,1-2H3,(H2,30,31,36)/t19-,20-/m0/s1. The van der Waals surface area contributed by atoms with Crippen molar-refractivity contribution in [2.24, 2.45) is 0 Å². The minimum absolute atomic E-state index is 0.0913. The molecule has 1 saturated heterocycles. The summed E-state index contributed by atoms with van der Waals surface area (Å²) in [4.78, 5) is 28.7. The topological polar surface area (TPSA) is 153 Å². The minimum Gasteiger partial charge on any atom is -0.394 e. The van der Waals surface area contributed by atoms with Crippen molar-refractivity contribution in [2.75, 3.05) is 36.6 Å². The number of aliphatic hydroxyl groups is 1. The lowest BCUT2D eigenvalue weighted by molar-refractivity contribution is 0.0985. The van der Waals surface area contributed by atoms with Crippen LogP contribution in [0.5, 0.6) is 0 Å². The normalized spacial score (nSPS) is 19.8. The lowest BCUT2D eigenvalue weighted by Crippen LogP contribution is -2.45. The van der Waals surface area contributed by atoms with E-state index in [9.17, 15) is 13.9 Å². The summed E-state index contributed by atoms with van der Waals surface area (Å²) in [6.07, 6.45) is 5.19. The van der Waals surface area contributed by atoms with E-state index in [1.165, 1.54) is 0 Å². The molecule has 1 aliphatic carbocycles. The second kappa shape index (κ2) is 11.7. The molecule has 2 amide bonds. The van der Waals surface area contributed by atoms with Gasteiger partial charge in [0.25, 0.3) is 0 Å². The van der Waals surface area contributed by atoms with Gasteiger partial charge in [-0.1, -0.05) is 0 Å². The number of nitrogens with one attached hydrogen (secondary N) is 2. The zero-order valence-corrected chi connectivity index (χ0v) is 23.5. The summed E-state index contributed by atoms with van der Waals surface area (Å²) in [5.74, 6) is 1.18. The maximum Gasteiger partial charge on any atom is 0.319 e. The number of carbonyl (C=O) groups is 1. The number of urea groups is 1. The van der Waals surface area contributed by atoms with E-state index < -0.39 is 21.4 Å². The second-order valence-electron chi connectivity index (χ2n) is 10.4. The van der Waals surface area contributed by atoms with Crippen molar-refractivity contribution >= 4 is 28.1 Å². The van der Waals surface area contributed by atoms with E-state index >= 15 is 0 Å². The van der Waals surface area contributed by atoms with Crippen LogP contribution in [0.15, 0.2) is 59.8 Å². The van der Waals surface area contributed by atoms with E-state index in [1.807, 2.05) is 18.2 Å². The summed E-state index contributed by atoms with van der Waals surface area (Å²) in [6, 6.07) is 11.7. The Morgan fingerprint density at radius 2 is 1.90 bits per heavy atom. The fourth-order valence-electron chi connectivity index (χ4n) is 5.09. The van der Waals surface area contributed by atoms with Crippen molar-refractivity contribution in [3.05, 3.63) is 60.6 Å². The van der Waals surface area contributed by atoms with Crippen molar-refractivity contribution in [1.29, 1.82) is 0 Å². The van der Waals surface area contributed by atoms with Crippen molar-refractivity contribution in [3.63, 3.8) is 0 Å². The molecule has 0 radical (unpaired) electrons. The lowest BCUT2D eigenvalue weighted by atomic mass is 9.81. The molecule has 3 aromatic rings. The monoisotopic (exact) mass is 568 g/mol. The van der Waals surface area contributed by atoms with E-state index in [0.717, 1.165) is 12.0 Å². The zero-order chi connectivity index (χ0) is 28.3. The van der Waals surface area contributed by atoms with Gasteiger partial charge in [-0.05, 0) is 69.5 Å². The first kappa shape index (κ1) is 28.2. The van der Waals surface area contributed by atoms with E-state index in [-0.39, 0.29) is 18.7 Å². The summed E-state index contributed by atoms with van der Waals surface area (Å²) in [5.41, 5.74) is 1.91. The van der Waals surface area contributed by atoms with Crippen LogP contribution in [0.25, 0.3) is 11.4 Å². The maximum atomic E-state index is 12.2. The highest BCUT2D eigenvalue weighted by Crippen LogP contribution is 2.71. The van der Waals surface area contributed by atoms with Crippen molar-refractivity contribution in [2.45, 2.75) is 54.8 Å². The van der Waals surface area contributed by atoms with Crippen molar-refractivity contribution < 1.29 is 23.7 Å². The summed E-state index contributed by atoms with van der Waals surface area (Å²) >= 11 is 0. The second-order valence-corrected chi connectivity index (χ2v) is 12.7. The Morgan fingerprint density at radius 3 is 2.52 bits per heavy atom. The third kappa shape index (κ3) is 5.50. The van der Waals surface area contributed by atoms with Crippen LogP contribution in [0.3, 0.4) is 0 Å². The van der Waals surface area contributed by atoms with Crippen LogP contribution in [0.4, 0.5) is 16.3 Å². The van der Waals surface area contributed by atoms with Gasteiger partial charge in [0.05, 0.1) is 42.5 Å². The Hall–Kier alpha value is -3.29. The van der Waals surface area contributed by atoms with Gasteiger partial charge in [0.15, 0.2) is 5.82 Å². The average Bonchev–Trinajstić information content (AvgIpc) is 2.93. The SMILES string of the molecule is C[C@@H](CO)NC(=O)Nc1ccc(-c2nc(N3CCOC[C@@H]3C)cc(C3(S(O)(O)c4ccncc4)CCC3)n2)cc1. The molecule has 1 aliphatic heterocycles. The summed E-state index contributed by atoms with van der Waals surface area (Å²) in [5, 5.41) is 14.6. The van der Waals surface area contributed by atoms with Gasteiger partial charge in [-0.25, -0.2) is 14.8 Å². The number of hydrogen-bond donors (Lipinski definition) is 5. The van der Waals surface area contributed by atoms with Crippen LogP contribution >= 0.6 is 10.6 Å². The molecule has 2 aromatic heterocycles. The fourth-order valence-corrected chi connectivity index (χ4v) is 7.30. The third-order valence-corrected chi connectivity index (χ3v) is 10.2. The van der Waals surface area contributed by atoms with Gasteiger partial charge in [-0.2, -0.15) is 10.6 Å². The molecule has 0 spiro atoms. The van der Waals surface area contributed by atoms with Crippen LogP contribution < -0.4 is 15.5 Å². The van der Waals surface area contributed by atoms with Gasteiger partial charge in [0, 0.05) is 36.3 Å². The highest BCUT2D eigenvalue weighted by Gasteiger charge is 2.52. The number of rotatable bonds is 8. The molecule has 5 N–H and O–H groups in total. The Morgan fingerprint density at radius 1 is 1.18 bits per heavy atom. The number of aliphatic hydroxyl groups excluding tert-OH is 1. The predicted molar refractivity (Wildman–Crippen MR) is 155 cm³/mol. The number of nitrogens with zero attached hydrogens (tertiary/aromatic N) is 4. The van der Waals surface area contributed by atoms with Gasteiger partial charge in [0.2, 0.25) is 0 Å². The van der Waals surface area contributed by atoms with E-state index in [2.05, 4.69) is 27.4 Å². The number of aromatic nitrogens is 3. The molecule has 2 fully saturated rings. The molecule has 1 aromatic carbocycles. The molecular weight excluding hydrogens is 532 g/mol. The fraction of sp³-hybridized carbons (Fsp3) is 0.429. The Kier molecular flexibility index (Phi) is 8.24. The number of anilines is 2. The first-order valence-electron chi connectivity index (χ1n) is 13.4. The number of hydrogen-bond acceptors (Lipinski definition) is 9. The number of carbonyl (C=O) groups excluding carboxylic acids is 1.